The summed E-state index contributed by atoms with van der Waals surface area (Å²) in [5, 5.41) is 6.05. The van der Waals surface area contributed by atoms with Gasteiger partial charge < -0.3 is 20.1 Å². The molecule has 0 atom stereocenters. The Balaban J connectivity index is 1.39. The van der Waals surface area contributed by atoms with Gasteiger partial charge in [-0.15, -0.1) is 0 Å². The summed E-state index contributed by atoms with van der Waals surface area (Å²) in [6.07, 6.45) is 4.12. The Hall–Kier alpha value is -2.24. The second-order valence-electron chi connectivity index (χ2n) is 7.93. The lowest BCUT2D eigenvalue weighted by molar-refractivity contribution is -0.130. The van der Waals surface area contributed by atoms with Crippen LogP contribution in [-0.4, -0.2) is 25.2 Å². The molecule has 1 aliphatic heterocycles. The van der Waals surface area contributed by atoms with Crippen molar-refractivity contribution in [2.24, 2.45) is 17.8 Å². The number of fused-ring (bicyclic) bond motifs is 1. The van der Waals surface area contributed by atoms with Crippen LogP contribution in [0.5, 0.6) is 11.5 Å². The topological polar surface area (TPSA) is 76.7 Å². The van der Waals surface area contributed by atoms with E-state index in [0.717, 1.165) is 55.7 Å². The summed E-state index contributed by atoms with van der Waals surface area (Å²) in [5.41, 5.74) is 0.991. The van der Waals surface area contributed by atoms with Gasteiger partial charge in [0.1, 0.15) is 0 Å². The van der Waals surface area contributed by atoms with Crippen LogP contribution in [0.3, 0.4) is 0 Å². The molecule has 1 fully saturated rings. The lowest BCUT2D eigenvalue weighted by atomic mass is 9.81. The molecule has 0 bridgehead atoms. The fourth-order valence-electron chi connectivity index (χ4n) is 3.63. The molecule has 0 aromatic heterocycles. The first kappa shape index (κ1) is 19.5. The molecule has 1 heterocycles. The molecule has 0 saturated heterocycles. The van der Waals surface area contributed by atoms with Crippen molar-refractivity contribution in [3.63, 3.8) is 0 Å². The standard InChI is InChI=1S/C21H30N2O4/c1-14(2)9-10-22-20(24)16-4-6-17(7-5-16)21(25)23-12-15-3-8-18-19(11-15)27-13-26-18/h3,8,11,14,16-17H,4-7,9-10,12-13H2,1-2H3,(H,22,24)(H,23,25). The smallest absolute Gasteiger partial charge is 0.231 e. The van der Waals surface area contributed by atoms with E-state index in [1.54, 1.807) is 0 Å². The van der Waals surface area contributed by atoms with Gasteiger partial charge in [0, 0.05) is 24.9 Å². The summed E-state index contributed by atoms with van der Waals surface area (Å²) in [7, 11) is 0. The van der Waals surface area contributed by atoms with E-state index in [1.165, 1.54) is 0 Å². The van der Waals surface area contributed by atoms with Crippen molar-refractivity contribution in [1.82, 2.24) is 10.6 Å². The van der Waals surface area contributed by atoms with Crippen LogP contribution in [0.15, 0.2) is 18.2 Å². The largest absolute Gasteiger partial charge is 0.454 e. The third-order valence-corrected chi connectivity index (χ3v) is 5.39. The van der Waals surface area contributed by atoms with E-state index < -0.39 is 0 Å². The van der Waals surface area contributed by atoms with Crippen LogP contribution in [0, 0.1) is 17.8 Å². The maximum atomic E-state index is 12.5. The number of amides is 2. The third-order valence-electron chi connectivity index (χ3n) is 5.39. The third kappa shape index (κ3) is 5.37. The molecule has 6 heteroatoms. The average Bonchev–Trinajstić information content (AvgIpc) is 3.13. The highest BCUT2D eigenvalue weighted by molar-refractivity contribution is 5.81. The van der Waals surface area contributed by atoms with Crippen molar-refractivity contribution in [3.8, 4) is 11.5 Å². The molecular formula is C21H30N2O4. The minimum Gasteiger partial charge on any atom is -0.454 e. The summed E-state index contributed by atoms with van der Waals surface area (Å²) in [6.45, 7) is 5.77. The molecule has 2 amide bonds. The molecule has 27 heavy (non-hydrogen) atoms. The monoisotopic (exact) mass is 374 g/mol. The number of hydrogen-bond acceptors (Lipinski definition) is 4. The Morgan fingerprint density at radius 1 is 1.00 bits per heavy atom. The quantitative estimate of drug-likeness (QED) is 0.769. The van der Waals surface area contributed by atoms with Crippen LogP contribution in [0.25, 0.3) is 0 Å². The molecule has 0 unspecified atom stereocenters. The van der Waals surface area contributed by atoms with E-state index in [0.29, 0.717) is 12.5 Å². The SMILES string of the molecule is CC(C)CCNC(=O)C1CCC(C(=O)NCc2ccc3c(c2)OCO3)CC1. The molecular weight excluding hydrogens is 344 g/mol. The minimum absolute atomic E-state index is 0.00118. The molecule has 2 N–H and O–H groups in total. The fraction of sp³-hybridized carbons (Fsp3) is 0.619. The normalized spacial score (nSPS) is 21.1. The molecule has 1 saturated carbocycles. The van der Waals surface area contributed by atoms with Gasteiger partial charge in [0.15, 0.2) is 11.5 Å². The van der Waals surface area contributed by atoms with Gasteiger partial charge in [0.05, 0.1) is 0 Å². The van der Waals surface area contributed by atoms with Gasteiger partial charge in [-0.25, -0.2) is 0 Å². The molecule has 148 valence electrons. The zero-order valence-electron chi connectivity index (χ0n) is 16.3. The van der Waals surface area contributed by atoms with E-state index in [2.05, 4.69) is 24.5 Å². The Labute approximate surface area is 161 Å². The Kier molecular flexibility index (Phi) is 6.58. The van der Waals surface area contributed by atoms with Gasteiger partial charge in [-0.2, -0.15) is 0 Å². The molecule has 1 aliphatic carbocycles. The van der Waals surface area contributed by atoms with Crippen molar-refractivity contribution in [3.05, 3.63) is 23.8 Å². The molecule has 0 spiro atoms. The van der Waals surface area contributed by atoms with Crippen molar-refractivity contribution < 1.29 is 19.1 Å². The number of carbonyl (C=O) groups excluding carboxylic acids is 2. The van der Waals surface area contributed by atoms with Crippen LogP contribution in [0.2, 0.25) is 0 Å². The predicted octanol–water partition coefficient (Wildman–Crippen LogP) is 3.00. The first-order chi connectivity index (χ1) is 13.0. The van der Waals surface area contributed by atoms with E-state index in [1.807, 2.05) is 18.2 Å². The van der Waals surface area contributed by atoms with Crippen LogP contribution in [0.1, 0.15) is 51.5 Å². The van der Waals surface area contributed by atoms with E-state index in [4.69, 9.17) is 9.47 Å². The summed E-state index contributed by atoms with van der Waals surface area (Å²) >= 11 is 0. The van der Waals surface area contributed by atoms with Crippen LogP contribution in [-0.2, 0) is 16.1 Å². The number of nitrogens with one attached hydrogen (secondary N) is 2. The predicted molar refractivity (Wildman–Crippen MR) is 102 cm³/mol. The molecule has 3 rings (SSSR count). The van der Waals surface area contributed by atoms with Crippen molar-refractivity contribution in [2.75, 3.05) is 13.3 Å². The molecule has 1 aromatic rings. The second-order valence-corrected chi connectivity index (χ2v) is 7.93. The minimum atomic E-state index is -0.00118. The number of carbonyl (C=O) groups is 2. The number of ether oxygens (including phenoxy) is 2. The van der Waals surface area contributed by atoms with Gasteiger partial charge in [-0.3, -0.25) is 9.59 Å². The molecule has 0 radical (unpaired) electrons. The maximum Gasteiger partial charge on any atom is 0.231 e. The summed E-state index contributed by atoms with van der Waals surface area (Å²) in [5.74, 6) is 2.34. The van der Waals surface area contributed by atoms with Gasteiger partial charge in [-0.05, 0) is 55.7 Å². The Morgan fingerprint density at radius 2 is 1.63 bits per heavy atom. The summed E-state index contributed by atoms with van der Waals surface area (Å²) < 4.78 is 10.7. The van der Waals surface area contributed by atoms with Crippen LogP contribution < -0.4 is 20.1 Å². The lowest BCUT2D eigenvalue weighted by Crippen LogP contribution is -2.37. The number of hydrogen-bond donors (Lipinski definition) is 2. The average molecular weight is 374 g/mol. The van der Waals surface area contributed by atoms with Crippen LogP contribution in [0.4, 0.5) is 0 Å². The first-order valence-corrected chi connectivity index (χ1v) is 9.97. The van der Waals surface area contributed by atoms with Gasteiger partial charge in [-0.1, -0.05) is 19.9 Å². The second kappa shape index (κ2) is 9.11. The van der Waals surface area contributed by atoms with Crippen molar-refractivity contribution in [2.45, 2.75) is 52.5 Å². The van der Waals surface area contributed by atoms with Gasteiger partial charge in [0.2, 0.25) is 18.6 Å². The van der Waals surface area contributed by atoms with E-state index in [-0.39, 0.29) is 30.4 Å². The van der Waals surface area contributed by atoms with Crippen LogP contribution >= 0.6 is 0 Å². The number of rotatable bonds is 7. The molecule has 1 aromatic carbocycles. The van der Waals surface area contributed by atoms with Gasteiger partial charge in [0.25, 0.3) is 0 Å². The lowest BCUT2D eigenvalue weighted by Gasteiger charge is -2.27. The van der Waals surface area contributed by atoms with Gasteiger partial charge >= 0.3 is 0 Å². The summed E-state index contributed by atoms with van der Waals surface area (Å²) in [4.78, 5) is 24.7. The Morgan fingerprint density at radius 3 is 2.30 bits per heavy atom. The summed E-state index contributed by atoms with van der Waals surface area (Å²) in [6, 6.07) is 5.71. The highest BCUT2D eigenvalue weighted by Gasteiger charge is 2.29. The van der Waals surface area contributed by atoms with Crippen molar-refractivity contribution in [1.29, 1.82) is 0 Å². The zero-order valence-corrected chi connectivity index (χ0v) is 16.3. The molecule has 2 aliphatic rings. The fourth-order valence-corrected chi connectivity index (χ4v) is 3.63. The van der Waals surface area contributed by atoms with E-state index >= 15 is 0 Å². The first-order valence-electron chi connectivity index (χ1n) is 9.97. The highest BCUT2D eigenvalue weighted by atomic mass is 16.7. The Bertz CT molecular complexity index is 666. The maximum absolute atomic E-state index is 12.5. The molecule has 6 nitrogen and oxygen atoms in total. The highest BCUT2D eigenvalue weighted by Crippen LogP contribution is 2.33. The van der Waals surface area contributed by atoms with Crippen molar-refractivity contribution >= 4 is 11.8 Å². The number of benzene rings is 1. The van der Waals surface area contributed by atoms with E-state index in [9.17, 15) is 9.59 Å². The zero-order chi connectivity index (χ0) is 19.2.